The van der Waals surface area contributed by atoms with Crippen LogP contribution in [0.25, 0.3) is 0 Å². The highest BCUT2D eigenvalue weighted by molar-refractivity contribution is 7.58. The molecular weight excluding hydrogens is 297 g/mol. The fourth-order valence-corrected chi connectivity index (χ4v) is 2.49. The molecule has 1 aromatic carbocycles. The molecule has 0 unspecified atom stereocenters. The van der Waals surface area contributed by atoms with Crippen molar-refractivity contribution in [1.82, 2.24) is 0 Å². The Morgan fingerprint density at radius 3 is 2.72 bits per heavy atom. The van der Waals surface area contributed by atoms with Crippen molar-refractivity contribution < 1.29 is 9.90 Å². The van der Waals surface area contributed by atoms with Crippen molar-refractivity contribution in [3.8, 4) is 0 Å². The lowest BCUT2D eigenvalue weighted by molar-refractivity contribution is -0.132. The number of hydrogen-bond acceptors (Lipinski definition) is 4. The summed E-state index contributed by atoms with van der Waals surface area (Å²) in [6.45, 7) is 3.48. The van der Waals surface area contributed by atoms with Gasteiger partial charge in [-0.05, 0) is 6.07 Å². The molecule has 0 bridgehead atoms. The summed E-state index contributed by atoms with van der Waals surface area (Å²) in [5.74, 6) is -1.07. The van der Waals surface area contributed by atoms with Crippen LogP contribution in [0.2, 0.25) is 10.0 Å². The van der Waals surface area contributed by atoms with Crippen LogP contribution in [-0.2, 0) is 16.1 Å². The fraction of sp³-hybridized carbons (Fsp3) is 0.100. The van der Waals surface area contributed by atoms with Crippen molar-refractivity contribution in [3.05, 3.63) is 28.3 Å². The Morgan fingerprint density at radius 1 is 1.39 bits per heavy atom. The van der Waals surface area contributed by atoms with Crippen LogP contribution in [0, 0.1) is 0 Å². The first-order chi connectivity index (χ1) is 8.50. The standard InChI is InChI=1S/C10H7Cl2N3O2S/c1-4(10(16)17)3-13-7-5(11)2-6(12)8-9(7)15-18-14-8/h2,13H,1,3H2,(H,16,17). The predicted molar refractivity (Wildman–Crippen MR) is 73.3 cm³/mol. The third-order valence-electron chi connectivity index (χ3n) is 2.22. The van der Waals surface area contributed by atoms with E-state index in [1.165, 1.54) is 0 Å². The molecule has 0 fully saturated rings. The Bertz CT molecular complexity index is 624. The first-order valence-corrected chi connectivity index (χ1v) is 6.24. The maximum absolute atomic E-state index is 10.7. The highest BCUT2D eigenvalue weighted by Gasteiger charge is 2.19. The molecule has 1 aromatic rings. The number of benzene rings is 1. The maximum atomic E-state index is 10.7. The number of hydrogen-bond donors (Lipinski definition) is 2. The molecule has 0 amide bonds. The van der Waals surface area contributed by atoms with Crippen LogP contribution in [0.3, 0.4) is 0 Å². The Morgan fingerprint density at radius 2 is 2.06 bits per heavy atom. The Labute approximate surface area is 116 Å². The minimum absolute atomic E-state index is 0.0253. The number of fused-ring (bicyclic) bond motifs is 1. The van der Waals surface area contributed by atoms with Crippen LogP contribution in [0.5, 0.6) is 0 Å². The van der Waals surface area contributed by atoms with Gasteiger partial charge < -0.3 is 10.4 Å². The van der Waals surface area contributed by atoms with Gasteiger partial charge in [-0.2, -0.15) is 8.73 Å². The maximum Gasteiger partial charge on any atom is 0.332 e. The number of anilines is 1. The van der Waals surface area contributed by atoms with Crippen LogP contribution in [0.1, 0.15) is 0 Å². The van der Waals surface area contributed by atoms with Gasteiger partial charge >= 0.3 is 5.97 Å². The molecule has 1 aliphatic heterocycles. The van der Waals surface area contributed by atoms with Crippen molar-refractivity contribution in [1.29, 1.82) is 0 Å². The van der Waals surface area contributed by atoms with E-state index in [9.17, 15) is 4.79 Å². The first kappa shape index (κ1) is 13.1. The Balaban J connectivity index is 2.30. The van der Waals surface area contributed by atoms with Crippen molar-refractivity contribution in [2.24, 2.45) is 8.73 Å². The van der Waals surface area contributed by atoms with E-state index < -0.39 is 5.97 Å². The molecule has 0 atom stereocenters. The summed E-state index contributed by atoms with van der Waals surface area (Å²) < 4.78 is 8.13. The molecule has 2 rings (SSSR count). The van der Waals surface area contributed by atoms with E-state index in [-0.39, 0.29) is 12.1 Å². The summed E-state index contributed by atoms with van der Waals surface area (Å²) in [5, 5.41) is 12.4. The minimum Gasteiger partial charge on any atom is -0.478 e. The van der Waals surface area contributed by atoms with E-state index in [1.807, 2.05) is 0 Å². The van der Waals surface area contributed by atoms with Crippen molar-refractivity contribution in [2.45, 2.75) is 0 Å². The number of halogens is 2. The minimum atomic E-state index is -1.07. The van der Waals surface area contributed by atoms with E-state index in [4.69, 9.17) is 28.3 Å². The van der Waals surface area contributed by atoms with Crippen LogP contribution >= 0.6 is 23.2 Å². The number of rotatable bonds is 4. The van der Waals surface area contributed by atoms with E-state index in [0.29, 0.717) is 27.1 Å². The van der Waals surface area contributed by atoms with Crippen molar-refractivity contribution >= 4 is 57.6 Å². The van der Waals surface area contributed by atoms with Crippen LogP contribution in [-0.4, -0.2) is 17.6 Å². The molecule has 0 radical (unpaired) electrons. The third-order valence-corrected chi connectivity index (χ3v) is 3.34. The first-order valence-electron chi connectivity index (χ1n) is 4.76. The highest BCUT2D eigenvalue weighted by Crippen LogP contribution is 2.47. The van der Waals surface area contributed by atoms with Crippen LogP contribution in [0.15, 0.2) is 26.9 Å². The SMILES string of the molecule is C=C(CNc1c(Cl)cc(Cl)c2c1N=S=N2)C(=O)O. The zero-order valence-corrected chi connectivity index (χ0v) is 11.2. The molecule has 0 saturated carbocycles. The van der Waals surface area contributed by atoms with E-state index in [2.05, 4.69) is 20.6 Å². The summed E-state index contributed by atoms with van der Waals surface area (Å²) in [7, 11) is 0. The topological polar surface area (TPSA) is 74.0 Å². The second-order valence-electron chi connectivity index (χ2n) is 3.44. The summed E-state index contributed by atoms with van der Waals surface area (Å²) >= 11 is 13.0. The largest absolute Gasteiger partial charge is 0.478 e. The fourth-order valence-electron chi connectivity index (χ4n) is 1.31. The lowest BCUT2D eigenvalue weighted by atomic mass is 10.2. The summed E-state index contributed by atoms with van der Waals surface area (Å²) in [5.41, 5.74) is 1.59. The summed E-state index contributed by atoms with van der Waals surface area (Å²) in [6.07, 6.45) is 0. The monoisotopic (exact) mass is 303 g/mol. The molecule has 8 heteroatoms. The third kappa shape index (κ3) is 2.40. The van der Waals surface area contributed by atoms with Gasteiger partial charge in [-0.25, -0.2) is 4.79 Å². The molecule has 1 heterocycles. The lowest BCUT2D eigenvalue weighted by Crippen LogP contribution is -2.11. The van der Waals surface area contributed by atoms with Gasteiger partial charge in [-0.15, -0.1) is 0 Å². The lowest BCUT2D eigenvalue weighted by Gasteiger charge is -2.11. The van der Waals surface area contributed by atoms with Gasteiger partial charge in [0.05, 0.1) is 27.1 Å². The number of carboxylic acids is 1. The van der Waals surface area contributed by atoms with E-state index in [1.54, 1.807) is 6.07 Å². The second-order valence-corrected chi connectivity index (χ2v) is 4.78. The van der Waals surface area contributed by atoms with Gasteiger partial charge in [0.2, 0.25) is 0 Å². The second kappa shape index (κ2) is 5.09. The van der Waals surface area contributed by atoms with Crippen molar-refractivity contribution in [3.63, 3.8) is 0 Å². The highest BCUT2D eigenvalue weighted by atomic mass is 35.5. The number of nitrogens with one attached hydrogen (secondary N) is 1. The molecule has 2 N–H and O–H groups in total. The molecular formula is C10H7Cl2N3O2S. The number of aliphatic carboxylic acids is 1. The van der Waals surface area contributed by atoms with E-state index >= 15 is 0 Å². The molecule has 0 saturated heterocycles. The quantitative estimate of drug-likeness (QED) is 0.844. The van der Waals surface area contributed by atoms with Crippen molar-refractivity contribution in [2.75, 3.05) is 11.9 Å². The summed E-state index contributed by atoms with van der Waals surface area (Å²) in [4.78, 5) is 10.7. The smallest absolute Gasteiger partial charge is 0.332 e. The average Bonchev–Trinajstić information content (AvgIpc) is 2.77. The predicted octanol–water partition coefficient (Wildman–Crippen LogP) is 3.77. The molecule has 0 aromatic heterocycles. The Kier molecular flexibility index (Phi) is 3.70. The molecule has 5 nitrogen and oxygen atoms in total. The van der Waals surface area contributed by atoms with Gasteiger partial charge in [-0.3, -0.25) is 0 Å². The number of carbonyl (C=O) groups is 1. The Hall–Kier alpha value is -1.37. The number of carboxylic acid groups (broad SMARTS) is 1. The van der Waals surface area contributed by atoms with Crippen LogP contribution < -0.4 is 5.32 Å². The molecule has 0 aliphatic carbocycles. The van der Waals surface area contributed by atoms with Gasteiger partial charge in [0.1, 0.15) is 11.4 Å². The molecule has 94 valence electrons. The van der Waals surface area contributed by atoms with Gasteiger partial charge in [-0.1, -0.05) is 29.8 Å². The molecule has 0 spiro atoms. The zero-order valence-electron chi connectivity index (χ0n) is 8.91. The summed E-state index contributed by atoms with van der Waals surface area (Å²) in [6, 6.07) is 1.54. The molecule has 18 heavy (non-hydrogen) atoms. The van der Waals surface area contributed by atoms with Crippen LogP contribution in [0.4, 0.5) is 17.1 Å². The van der Waals surface area contributed by atoms with Gasteiger partial charge in [0.25, 0.3) is 0 Å². The van der Waals surface area contributed by atoms with E-state index in [0.717, 1.165) is 11.4 Å². The van der Waals surface area contributed by atoms with Gasteiger partial charge in [0, 0.05) is 12.1 Å². The number of nitrogens with zero attached hydrogens (tertiary/aromatic N) is 2. The zero-order chi connectivity index (χ0) is 13.3. The molecule has 1 aliphatic rings. The average molecular weight is 304 g/mol. The van der Waals surface area contributed by atoms with Gasteiger partial charge in [0.15, 0.2) is 0 Å². The normalized spacial score (nSPS) is 11.9.